The topological polar surface area (TPSA) is 23.6 Å². The molecular formula is C11H13BrN2O. The highest BCUT2D eigenvalue weighted by Gasteiger charge is 2.25. The van der Waals surface area contributed by atoms with E-state index in [4.69, 9.17) is 0 Å². The minimum atomic E-state index is 0.0677. The zero-order valence-corrected chi connectivity index (χ0v) is 10.4. The molecule has 0 N–H and O–H groups in total. The third kappa shape index (κ3) is 1.86. The van der Waals surface area contributed by atoms with Crippen LogP contribution >= 0.6 is 15.9 Å². The first-order valence-corrected chi connectivity index (χ1v) is 5.61. The highest BCUT2D eigenvalue weighted by molar-refractivity contribution is 9.10. The van der Waals surface area contributed by atoms with Crippen molar-refractivity contribution in [3.05, 3.63) is 33.8 Å². The molecule has 1 aliphatic rings. The van der Waals surface area contributed by atoms with Crippen LogP contribution in [0.15, 0.2) is 22.7 Å². The Morgan fingerprint density at radius 2 is 2.13 bits per heavy atom. The monoisotopic (exact) mass is 268 g/mol. The summed E-state index contributed by atoms with van der Waals surface area (Å²) in [7, 11) is 3.56. The number of urea groups is 1. The van der Waals surface area contributed by atoms with E-state index in [1.54, 1.807) is 19.0 Å². The van der Waals surface area contributed by atoms with Crippen molar-refractivity contribution in [3.8, 4) is 0 Å². The molecule has 4 heteroatoms. The molecule has 0 bridgehead atoms. The minimum absolute atomic E-state index is 0.0677. The molecule has 0 fully saturated rings. The molecule has 0 aliphatic carbocycles. The first-order valence-electron chi connectivity index (χ1n) is 4.82. The summed E-state index contributed by atoms with van der Waals surface area (Å²) < 4.78 is 1.09. The fraction of sp³-hybridized carbons (Fsp3) is 0.364. The fourth-order valence-electron chi connectivity index (χ4n) is 1.80. The lowest BCUT2D eigenvalue weighted by Gasteiger charge is -2.20. The predicted octanol–water partition coefficient (Wildman–Crippen LogP) is 2.45. The first kappa shape index (κ1) is 10.5. The smallest absolute Gasteiger partial charge is 0.320 e. The van der Waals surface area contributed by atoms with Crippen LogP contribution in [0.1, 0.15) is 11.1 Å². The van der Waals surface area contributed by atoms with Gasteiger partial charge in [0.15, 0.2) is 0 Å². The normalized spacial score (nSPS) is 13.9. The molecule has 1 aliphatic heterocycles. The third-order valence-electron chi connectivity index (χ3n) is 2.58. The summed E-state index contributed by atoms with van der Waals surface area (Å²) in [5.74, 6) is 0. The Labute approximate surface area is 97.8 Å². The average molecular weight is 269 g/mol. The van der Waals surface area contributed by atoms with Crippen LogP contribution in [-0.2, 0) is 13.1 Å². The number of hydrogen-bond donors (Lipinski definition) is 0. The van der Waals surface area contributed by atoms with Crippen LogP contribution in [0, 0.1) is 0 Å². The maximum Gasteiger partial charge on any atom is 0.320 e. The van der Waals surface area contributed by atoms with Crippen molar-refractivity contribution in [2.75, 3.05) is 14.1 Å². The van der Waals surface area contributed by atoms with Gasteiger partial charge >= 0.3 is 6.03 Å². The van der Waals surface area contributed by atoms with Crippen LogP contribution < -0.4 is 0 Å². The van der Waals surface area contributed by atoms with E-state index < -0.39 is 0 Å². The maximum atomic E-state index is 11.8. The quantitative estimate of drug-likeness (QED) is 0.709. The number of rotatable bonds is 0. The van der Waals surface area contributed by atoms with Gasteiger partial charge in [-0.05, 0) is 17.2 Å². The summed E-state index contributed by atoms with van der Waals surface area (Å²) in [5, 5.41) is 0. The van der Waals surface area contributed by atoms with Gasteiger partial charge in [-0.25, -0.2) is 4.79 Å². The van der Waals surface area contributed by atoms with Gasteiger partial charge in [0.2, 0.25) is 0 Å². The zero-order chi connectivity index (χ0) is 11.0. The van der Waals surface area contributed by atoms with Gasteiger partial charge in [-0.3, -0.25) is 0 Å². The summed E-state index contributed by atoms with van der Waals surface area (Å²) in [6.45, 7) is 1.42. The second-order valence-electron chi connectivity index (χ2n) is 3.91. The number of amides is 2. The summed E-state index contributed by atoms with van der Waals surface area (Å²) in [5.41, 5.74) is 2.47. The van der Waals surface area contributed by atoms with E-state index in [9.17, 15) is 4.79 Å². The SMILES string of the molecule is CN(C)C(=O)N1Cc2cccc(Br)c2C1. The molecule has 15 heavy (non-hydrogen) atoms. The summed E-state index contributed by atoms with van der Waals surface area (Å²) in [6, 6.07) is 6.16. The molecule has 0 aromatic heterocycles. The molecule has 0 spiro atoms. The molecule has 0 atom stereocenters. The van der Waals surface area contributed by atoms with E-state index in [0.717, 1.165) is 4.47 Å². The Morgan fingerprint density at radius 3 is 2.73 bits per heavy atom. The van der Waals surface area contributed by atoms with Crippen molar-refractivity contribution in [3.63, 3.8) is 0 Å². The van der Waals surface area contributed by atoms with E-state index in [2.05, 4.69) is 22.0 Å². The van der Waals surface area contributed by atoms with Gasteiger partial charge in [0.1, 0.15) is 0 Å². The second kappa shape index (κ2) is 3.85. The van der Waals surface area contributed by atoms with Crippen molar-refractivity contribution < 1.29 is 4.79 Å². The van der Waals surface area contributed by atoms with Crippen LogP contribution in [0.25, 0.3) is 0 Å². The van der Waals surface area contributed by atoms with E-state index in [0.29, 0.717) is 13.1 Å². The Morgan fingerprint density at radius 1 is 1.40 bits per heavy atom. The van der Waals surface area contributed by atoms with E-state index in [1.807, 2.05) is 17.0 Å². The van der Waals surface area contributed by atoms with Crippen LogP contribution in [-0.4, -0.2) is 29.9 Å². The van der Waals surface area contributed by atoms with Crippen LogP contribution in [0.5, 0.6) is 0 Å². The second-order valence-corrected chi connectivity index (χ2v) is 4.76. The molecule has 80 valence electrons. The molecule has 1 aromatic carbocycles. The van der Waals surface area contributed by atoms with Crippen LogP contribution in [0.3, 0.4) is 0 Å². The molecular weight excluding hydrogens is 256 g/mol. The number of fused-ring (bicyclic) bond motifs is 1. The lowest BCUT2D eigenvalue weighted by atomic mass is 10.1. The van der Waals surface area contributed by atoms with Crippen LogP contribution in [0.2, 0.25) is 0 Å². The van der Waals surface area contributed by atoms with E-state index in [-0.39, 0.29) is 6.03 Å². The van der Waals surface area contributed by atoms with Gasteiger partial charge in [0.25, 0.3) is 0 Å². The minimum Gasteiger partial charge on any atom is -0.331 e. The van der Waals surface area contributed by atoms with Gasteiger partial charge in [0, 0.05) is 31.7 Å². The predicted molar refractivity (Wildman–Crippen MR) is 62.5 cm³/mol. The van der Waals surface area contributed by atoms with Crippen molar-refractivity contribution in [1.29, 1.82) is 0 Å². The summed E-state index contributed by atoms with van der Waals surface area (Å²) in [4.78, 5) is 15.2. The van der Waals surface area contributed by atoms with Gasteiger partial charge in [-0.1, -0.05) is 28.1 Å². The van der Waals surface area contributed by atoms with Crippen molar-refractivity contribution in [2.24, 2.45) is 0 Å². The molecule has 0 radical (unpaired) electrons. The van der Waals surface area contributed by atoms with Gasteiger partial charge in [-0.2, -0.15) is 0 Å². The lowest BCUT2D eigenvalue weighted by molar-refractivity contribution is 0.171. The van der Waals surface area contributed by atoms with E-state index in [1.165, 1.54) is 11.1 Å². The van der Waals surface area contributed by atoms with Gasteiger partial charge in [-0.15, -0.1) is 0 Å². The molecule has 3 nitrogen and oxygen atoms in total. The highest BCUT2D eigenvalue weighted by atomic mass is 79.9. The number of benzene rings is 1. The fourth-order valence-corrected chi connectivity index (χ4v) is 2.33. The summed E-state index contributed by atoms with van der Waals surface area (Å²) >= 11 is 3.51. The molecule has 1 aromatic rings. The number of carbonyl (C=O) groups is 1. The Kier molecular flexibility index (Phi) is 2.69. The standard InChI is InChI=1S/C11H13BrN2O/c1-13(2)11(15)14-6-8-4-3-5-10(12)9(8)7-14/h3-5H,6-7H2,1-2H3. The molecule has 0 saturated heterocycles. The Balaban J connectivity index is 2.23. The van der Waals surface area contributed by atoms with E-state index >= 15 is 0 Å². The largest absolute Gasteiger partial charge is 0.331 e. The molecule has 1 heterocycles. The van der Waals surface area contributed by atoms with Gasteiger partial charge in [0.05, 0.1) is 0 Å². The van der Waals surface area contributed by atoms with Gasteiger partial charge < -0.3 is 9.80 Å². The lowest BCUT2D eigenvalue weighted by Crippen LogP contribution is -2.35. The molecule has 0 unspecified atom stereocenters. The number of halogens is 1. The van der Waals surface area contributed by atoms with Crippen LogP contribution in [0.4, 0.5) is 4.79 Å². The average Bonchev–Trinajstić information content (AvgIpc) is 2.61. The maximum absolute atomic E-state index is 11.8. The molecule has 2 rings (SSSR count). The first-order chi connectivity index (χ1) is 7.09. The number of nitrogens with zero attached hydrogens (tertiary/aromatic N) is 2. The highest BCUT2D eigenvalue weighted by Crippen LogP contribution is 2.29. The van der Waals surface area contributed by atoms with Crippen molar-refractivity contribution in [1.82, 2.24) is 9.80 Å². The third-order valence-corrected chi connectivity index (χ3v) is 3.32. The van der Waals surface area contributed by atoms with Crippen molar-refractivity contribution in [2.45, 2.75) is 13.1 Å². The zero-order valence-electron chi connectivity index (χ0n) is 8.83. The number of hydrogen-bond acceptors (Lipinski definition) is 1. The number of carbonyl (C=O) groups excluding carboxylic acids is 1. The Bertz CT molecular complexity index is 404. The molecule has 2 amide bonds. The van der Waals surface area contributed by atoms with Crippen molar-refractivity contribution >= 4 is 22.0 Å². The summed E-state index contributed by atoms with van der Waals surface area (Å²) in [6.07, 6.45) is 0. The molecule has 0 saturated carbocycles. The Hall–Kier alpha value is -1.03.